The first-order chi connectivity index (χ1) is 9.08. The lowest BCUT2D eigenvalue weighted by Crippen LogP contribution is -2.46. The van der Waals surface area contributed by atoms with Gasteiger partial charge in [0, 0.05) is 19.2 Å². The van der Waals surface area contributed by atoms with E-state index in [1.54, 1.807) is 11.8 Å². The minimum absolute atomic E-state index is 0.129. The third-order valence-electron chi connectivity index (χ3n) is 2.87. The molecule has 1 heterocycles. The molecule has 4 nitrogen and oxygen atoms in total. The summed E-state index contributed by atoms with van der Waals surface area (Å²) in [5, 5.41) is 0. The molecule has 0 unspecified atom stereocenters. The van der Waals surface area contributed by atoms with Crippen LogP contribution in [0.3, 0.4) is 0 Å². The summed E-state index contributed by atoms with van der Waals surface area (Å²) in [6.45, 7) is 3.52. The Morgan fingerprint density at radius 3 is 2.68 bits per heavy atom. The van der Waals surface area contributed by atoms with E-state index in [4.69, 9.17) is 9.47 Å². The number of carbonyl (C=O) groups is 1. The third-order valence-corrected chi connectivity index (χ3v) is 2.87. The van der Waals surface area contributed by atoms with E-state index in [0.29, 0.717) is 26.3 Å². The Hall–Kier alpha value is -1.69. The van der Waals surface area contributed by atoms with Gasteiger partial charge in [0.15, 0.2) is 17.7 Å². The van der Waals surface area contributed by atoms with Gasteiger partial charge in [0.25, 0.3) is 5.91 Å². The van der Waals surface area contributed by atoms with Crippen LogP contribution in [-0.4, -0.2) is 43.2 Å². The maximum Gasteiger partial charge on any atom is 0.263 e. The number of nitrogens with zero attached hydrogens (tertiary/aromatic N) is 1. The van der Waals surface area contributed by atoms with Gasteiger partial charge in [-0.2, -0.15) is 0 Å². The summed E-state index contributed by atoms with van der Waals surface area (Å²) < 4.78 is 36.5. The second-order valence-corrected chi connectivity index (χ2v) is 4.27. The van der Waals surface area contributed by atoms with Crippen molar-refractivity contribution in [3.05, 3.63) is 29.8 Å². The van der Waals surface area contributed by atoms with Gasteiger partial charge in [-0.05, 0) is 19.1 Å². The molecule has 0 bridgehead atoms. The quantitative estimate of drug-likeness (QED) is 0.838. The molecule has 1 amide bonds. The monoisotopic (exact) mass is 271 g/mol. The van der Waals surface area contributed by atoms with Gasteiger partial charge < -0.3 is 14.4 Å². The lowest BCUT2D eigenvalue weighted by molar-refractivity contribution is -0.142. The number of benzene rings is 1. The van der Waals surface area contributed by atoms with Crippen molar-refractivity contribution in [2.45, 2.75) is 13.0 Å². The molecule has 0 aromatic heterocycles. The number of amides is 1. The van der Waals surface area contributed by atoms with Gasteiger partial charge in [-0.25, -0.2) is 8.78 Å². The maximum atomic E-state index is 13.4. The molecule has 0 aliphatic carbocycles. The van der Waals surface area contributed by atoms with E-state index in [1.807, 2.05) is 0 Å². The Morgan fingerprint density at radius 2 is 2.05 bits per heavy atom. The number of rotatable bonds is 3. The lowest BCUT2D eigenvalue weighted by atomic mass is 10.3. The molecule has 0 saturated carbocycles. The van der Waals surface area contributed by atoms with Crippen molar-refractivity contribution in [3.8, 4) is 5.75 Å². The molecule has 1 aromatic rings. The molecule has 1 aliphatic rings. The summed E-state index contributed by atoms with van der Waals surface area (Å²) in [5.41, 5.74) is 0. The Bertz CT molecular complexity index is 461. The zero-order valence-electron chi connectivity index (χ0n) is 10.6. The van der Waals surface area contributed by atoms with Crippen molar-refractivity contribution in [2.75, 3.05) is 26.3 Å². The minimum Gasteiger partial charge on any atom is -0.478 e. The number of morpholine rings is 1. The smallest absolute Gasteiger partial charge is 0.263 e. The molecule has 6 heteroatoms. The Morgan fingerprint density at radius 1 is 1.37 bits per heavy atom. The van der Waals surface area contributed by atoms with E-state index in [1.165, 1.54) is 6.07 Å². The van der Waals surface area contributed by atoms with Crippen LogP contribution < -0.4 is 4.74 Å². The van der Waals surface area contributed by atoms with E-state index >= 15 is 0 Å². The predicted octanol–water partition coefficient (Wildman–Crippen LogP) is 1.59. The molecule has 19 heavy (non-hydrogen) atoms. The van der Waals surface area contributed by atoms with Crippen LogP contribution in [0.25, 0.3) is 0 Å². The first-order valence-electron chi connectivity index (χ1n) is 6.06. The predicted molar refractivity (Wildman–Crippen MR) is 63.8 cm³/mol. The fraction of sp³-hybridized carbons (Fsp3) is 0.462. The van der Waals surface area contributed by atoms with Gasteiger partial charge in [-0.3, -0.25) is 4.79 Å². The Labute approximate surface area is 109 Å². The van der Waals surface area contributed by atoms with Crippen molar-refractivity contribution in [2.24, 2.45) is 0 Å². The topological polar surface area (TPSA) is 38.8 Å². The summed E-state index contributed by atoms with van der Waals surface area (Å²) in [5.74, 6) is -1.86. The second kappa shape index (κ2) is 5.97. The Balaban J connectivity index is 1.99. The second-order valence-electron chi connectivity index (χ2n) is 4.27. The van der Waals surface area contributed by atoms with Crippen LogP contribution in [0.4, 0.5) is 8.78 Å². The SMILES string of the molecule is C[C@H](Oc1ccc(F)cc1F)C(=O)N1CCOCC1. The zero-order chi connectivity index (χ0) is 13.8. The minimum atomic E-state index is -0.821. The highest BCUT2D eigenvalue weighted by Crippen LogP contribution is 2.19. The van der Waals surface area contributed by atoms with Crippen LogP contribution >= 0.6 is 0 Å². The summed E-state index contributed by atoms with van der Waals surface area (Å²) in [6, 6.07) is 2.99. The highest BCUT2D eigenvalue weighted by atomic mass is 19.1. The number of hydrogen-bond acceptors (Lipinski definition) is 3. The van der Waals surface area contributed by atoms with Gasteiger partial charge >= 0.3 is 0 Å². The van der Waals surface area contributed by atoms with Gasteiger partial charge in [0.2, 0.25) is 0 Å². The Kier molecular flexibility index (Phi) is 4.31. The van der Waals surface area contributed by atoms with E-state index in [0.717, 1.165) is 12.1 Å². The molecule has 0 radical (unpaired) electrons. The van der Waals surface area contributed by atoms with Gasteiger partial charge in [-0.15, -0.1) is 0 Å². The maximum absolute atomic E-state index is 13.4. The first-order valence-corrected chi connectivity index (χ1v) is 6.06. The van der Waals surface area contributed by atoms with Crippen LogP contribution in [-0.2, 0) is 9.53 Å². The van der Waals surface area contributed by atoms with Crippen LogP contribution in [0.15, 0.2) is 18.2 Å². The van der Waals surface area contributed by atoms with Crippen LogP contribution in [0.5, 0.6) is 5.75 Å². The molecule has 1 aliphatic heterocycles. The average molecular weight is 271 g/mol. The highest BCUT2D eigenvalue weighted by molar-refractivity contribution is 5.81. The highest BCUT2D eigenvalue weighted by Gasteiger charge is 2.24. The molecule has 1 aromatic carbocycles. The molecule has 2 rings (SSSR count). The third kappa shape index (κ3) is 3.41. The van der Waals surface area contributed by atoms with Gasteiger partial charge in [0.1, 0.15) is 5.82 Å². The van der Waals surface area contributed by atoms with E-state index < -0.39 is 17.7 Å². The number of hydrogen-bond donors (Lipinski definition) is 0. The van der Waals surface area contributed by atoms with Crippen molar-refractivity contribution in [1.29, 1.82) is 0 Å². The van der Waals surface area contributed by atoms with Gasteiger partial charge in [-0.1, -0.05) is 0 Å². The van der Waals surface area contributed by atoms with E-state index in [9.17, 15) is 13.6 Å². The van der Waals surface area contributed by atoms with Crippen molar-refractivity contribution in [3.63, 3.8) is 0 Å². The average Bonchev–Trinajstić information content (AvgIpc) is 2.42. The van der Waals surface area contributed by atoms with Crippen molar-refractivity contribution in [1.82, 2.24) is 4.90 Å². The summed E-state index contributed by atoms with van der Waals surface area (Å²) >= 11 is 0. The normalized spacial score (nSPS) is 17.1. The van der Waals surface area contributed by atoms with Crippen LogP contribution in [0.1, 0.15) is 6.92 Å². The lowest BCUT2D eigenvalue weighted by Gasteiger charge is -2.29. The molecule has 1 atom stereocenters. The van der Waals surface area contributed by atoms with E-state index in [2.05, 4.69) is 0 Å². The zero-order valence-corrected chi connectivity index (χ0v) is 10.6. The van der Waals surface area contributed by atoms with E-state index in [-0.39, 0.29) is 11.7 Å². The fourth-order valence-electron chi connectivity index (χ4n) is 1.85. The number of ether oxygens (including phenoxy) is 2. The fourth-order valence-corrected chi connectivity index (χ4v) is 1.85. The summed E-state index contributed by atoms with van der Waals surface area (Å²) in [7, 11) is 0. The summed E-state index contributed by atoms with van der Waals surface area (Å²) in [6.07, 6.45) is -0.821. The number of carbonyl (C=O) groups excluding carboxylic acids is 1. The van der Waals surface area contributed by atoms with Crippen molar-refractivity contribution >= 4 is 5.91 Å². The van der Waals surface area contributed by atoms with Crippen LogP contribution in [0, 0.1) is 11.6 Å². The molecule has 1 saturated heterocycles. The first kappa shape index (κ1) is 13.7. The van der Waals surface area contributed by atoms with Crippen LogP contribution in [0.2, 0.25) is 0 Å². The standard InChI is InChI=1S/C13H15F2NO3/c1-9(13(17)16-4-6-18-7-5-16)19-12-3-2-10(14)8-11(12)15/h2-3,8-9H,4-7H2,1H3/t9-/m0/s1. The molecule has 0 N–H and O–H groups in total. The van der Waals surface area contributed by atoms with Gasteiger partial charge in [0.05, 0.1) is 13.2 Å². The van der Waals surface area contributed by atoms with Crippen molar-refractivity contribution < 1.29 is 23.0 Å². The molecule has 1 fully saturated rings. The molecular formula is C13H15F2NO3. The molecule has 0 spiro atoms. The number of halogens is 2. The molecular weight excluding hydrogens is 256 g/mol. The molecule has 104 valence electrons. The summed E-state index contributed by atoms with van der Waals surface area (Å²) in [4.78, 5) is 13.6. The largest absolute Gasteiger partial charge is 0.478 e.